The number of furan rings is 1. The Balaban J connectivity index is 2.18. The number of nitrogen functional groups attached to an aromatic ring is 1. The number of fused-ring (bicyclic) bond motifs is 1. The molecule has 0 aliphatic carbocycles. The van der Waals surface area contributed by atoms with Crippen molar-refractivity contribution in [2.75, 3.05) is 5.43 Å². The van der Waals surface area contributed by atoms with E-state index >= 15 is 0 Å². The summed E-state index contributed by atoms with van der Waals surface area (Å²) in [6, 6.07) is 9.74. The minimum Gasteiger partial charge on any atom is -0.453 e. The van der Waals surface area contributed by atoms with Crippen LogP contribution in [0.15, 0.2) is 34.7 Å². The number of aromatic nitrogens is 2. The Labute approximate surface area is 110 Å². The fourth-order valence-corrected chi connectivity index (χ4v) is 1.97. The lowest BCUT2D eigenvalue weighted by atomic mass is 10.2. The van der Waals surface area contributed by atoms with Crippen LogP contribution in [0, 0.1) is 13.8 Å². The Kier molecular flexibility index (Phi) is 2.68. The van der Waals surface area contributed by atoms with E-state index in [-0.39, 0.29) is 0 Å². The molecule has 0 radical (unpaired) electrons. The maximum Gasteiger partial charge on any atom is 0.197 e. The lowest BCUT2D eigenvalue weighted by molar-refractivity contribution is 0.624. The van der Waals surface area contributed by atoms with Gasteiger partial charge in [0.15, 0.2) is 11.6 Å². The van der Waals surface area contributed by atoms with Gasteiger partial charge in [0.05, 0.1) is 0 Å². The molecule has 2 heterocycles. The van der Waals surface area contributed by atoms with Gasteiger partial charge >= 0.3 is 0 Å². The van der Waals surface area contributed by atoms with Crippen molar-refractivity contribution in [3.63, 3.8) is 0 Å². The molecular weight excluding hydrogens is 240 g/mol. The minimum absolute atomic E-state index is 0.534. The molecule has 19 heavy (non-hydrogen) atoms. The molecule has 0 bridgehead atoms. The summed E-state index contributed by atoms with van der Waals surface area (Å²) in [5.41, 5.74) is 5.21. The van der Waals surface area contributed by atoms with E-state index in [2.05, 4.69) is 15.4 Å². The lowest BCUT2D eigenvalue weighted by Crippen LogP contribution is -2.12. The van der Waals surface area contributed by atoms with E-state index in [1.165, 1.54) is 0 Å². The molecule has 2 aromatic heterocycles. The van der Waals surface area contributed by atoms with Crippen LogP contribution in [0.1, 0.15) is 11.3 Å². The quantitative estimate of drug-likeness (QED) is 0.543. The van der Waals surface area contributed by atoms with Gasteiger partial charge in [-0.2, -0.15) is 0 Å². The average molecular weight is 254 g/mol. The predicted molar refractivity (Wildman–Crippen MR) is 74.5 cm³/mol. The van der Waals surface area contributed by atoms with Gasteiger partial charge in [0, 0.05) is 16.6 Å². The zero-order chi connectivity index (χ0) is 13.4. The van der Waals surface area contributed by atoms with Gasteiger partial charge in [0.1, 0.15) is 11.4 Å². The molecule has 5 nitrogen and oxygen atoms in total. The van der Waals surface area contributed by atoms with Gasteiger partial charge in [-0.15, -0.1) is 0 Å². The molecule has 0 atom stereocenters. The minimum atomic E-state index is 0.534. The summed E-state index contributed by atoms with van der Waals surface area (Å²) in [5.74, 6) is 7.26. The van der Waals surface area contributed by atoms with Gasteiger partial charge in [-0.3, -0.25) is 0 Å². The average Bonchev–Trinajstić information content (AvgIpc) is 2.85. The van der Waals surface area contributed by atoms with Crippen LogP contribution < -0.4 is 11.3 Å². The highest BCUT2D eigenvalue weighted by Gasteiger charge is 2.12. The first kappa shape index (κ1) is 11.7. The summed E-state index contributed by atoms with van der Waals surface area (Å²) in [5, 5.41) is 1.03. The van der Waals surface area contributed by atoms with Gasteiger partial charge in [-0.25, -0.2) is 15.8 Å². The Bertz CT molecular complexity index is 715. The number of nitrogens with two attached hydrogens (primary N) is 1. The predicted octanol–water partition coefficient (Wildman–Crippen LogP) is 2.79. The van der Waals surface area contributed by atoms with Crippen LogP contribution in [0.4, 0.5) is 5.82 Å². The number of nitrogens with zero attached hydrogens (tertiary/aromatic N) is 2. The number of aryl methyl sites for hydroxylation is 1. The fraction of sp³-hybridized carbons (Fsp3) is 0.143. The number of rotatable bonds is 2. The Hall–Kier alpha value is -2.40. The van der Waals surface area contributed by atoms with E-state index in [1.54, 1.807) is 0 Å². The van der Waals surface area contributed by atoms with Gasteiger partial charge < -0.3 is 9.84 Å². The molecule has 0 fully saturated rings. The molecule has 96 valence electrons. The van der Waals surface area contributed by atoms with Crippen LogP contribution in [0.5, 0.6) is 0 Å². The second kappa shape index (κ2) is 4.37. The van der Waals surface area contributed by atoms with Crippen LogP contribution in [0.25, 0.3) is 22.6 Å². The number of nitrogens with one attached hydrogen (secondary N) is 1. The number of hydrogen-bond acceptors (Lipinski definition) is 5. The standard InChI is InChI=1S/C14H14N4O/c1-8-9(2)16-14(17-13(8)18-15)12-7-10-5-3-4-6-11(10)19-12/h3-7H,15H2,1-2H3,(H,16,17,18). The third-order valence-corrected chi connectivity index (χ3v) is 3.17. The molecule has 0 amide bonds. The summed E-state index contributed by atoms with van der Waals surface area (Å²) >= 11 is 0. The van der Waals surface area contributed by atoms with Crippen molar-refractivity contribution in [3.05, 3.63) is 41.6 Å². The molecule has 5 heteroatoms. The molecule has 0 aliphatic rings. The van der Waals surface area contributed by atoms with Crippen LogP contribution >= 0.6 is 0 Å². The maximum atomic E-state index is 5.75. The van der Waals surface area contributed by atoms with Crippen molar-refractivity contribution in [2.24, 2.45) is 5.84 Å². The highest BCUT2D eigenvalue weighted by molar-refractivity contribution is 5.81. The molecule has 3 N–H and O–H groups in total. The highest BCUT2D eigenvalue weighted by Crippen LogP contribution is 2.27. The third-order valence-electron chi connectivity index (χ3n) is 3.17. The van der Waals surface area contributed by atoms with Crippen LogP contribution in [0.2, 0.25) is 0 Å². The monoisotopic (exact) mass is 254 g/mol. The molecule has 0 saturated heterocycles. The topological polar surface area (TPSA) is 77.0 Å². The first-order valence-corrected chi connectivity index (χ1v) is 6.00. The van der Waals surface area contributed by atoms with Crippen molar-refractivity contribution in [3.8, 4) is 11.6 Å². The summed E-state index contributed by atoms with van der Waals surface area (Å²) in [6.45, 7) is 3.84. The largest absolute Gasteiger partial charge is 0.453 e. The SMILES string of the molecule is Cc1nc(-c2cc3ccccc3o2)nc(NN)c1C. The van der Waals surface area contributed by atoms with Crippen molar-refractivity contribution in [1.82, 2.24) is 9.97 Å². The summed E-state index contributed by atoms with van der Waals surface area (Å²) in [7, 11) is 0. The Morgan fingerprint density at radius 3 is 2.68 bits per heavy atom. The zero-order valence-electron chi connectivity index (χ0n) is 10.8. The van der Waals surface area contributed by atoms with Crippen molar-refractivity contribution < 1.29 is 4.42 Å². The van der Waals surface area contributed by atoms with E-state index in [9.17, 15) is 0 Å². The van der Waals surface area contributed by atoms with E-state index in [0.29, 0.717) is 17.4 Å². The third kappa shape index (κ3) is 1.94. The van der Waals surface area contributed by atoms with Gasteiger partial charge in [-0.05, 0) is 26.0 Å². The van der Waals surface area contributed by atoms with Crippen molar-refractivity contribution in [2.45, 2.75) is 13.8 Å². The first-order valence-electron chi connectivity index (χ1n) is 6.00. The Morgan fingerprint density at radius 2 is 1.95 bits per heavy atom. The van der Waals surface area contributed by atoms with Gasteiger partial charge in [0.25, 0.3) is 0 Å². The molecule has 0 spiro atoms. The van der Waals surface area contributed by atoms with E-state index in [1.807, 2.05) is 44.2 Å². The van der Waals surface area contributed by atoms with Crippen molar-refractivity contribution >= 4 is 16.8 Å². The molecule has 0 saturated carbocycles. The fourth-order valence-electron chi connectivity index (χ4n) is 1.97. The van der Waals surface area contributed by atoms with E-state index in [0.717, 1.165) is 22.2 Å². The second-order valence-electron chi connectivity index (χ2n) is 4.40. The molecule has 3 rings (SSSR count). The highest BCUT2D eigenvalue weighted by atomic mass is 16.3. The van der Waals surface area contributed by atoms with Crippen LogP contribution in [-0.2, 0) is 0 Å². The lowest BCUT2D eigenvalue weighted by Gasteiger charge is -2.07. The number of para-hydroxylation sites is 1. The first-order chi connectivity index (χ1) is 9.19. The number of benzene rings is 1. The Morgan fingerprint density at radius 1 is 1.16 bits per heavy atom. The summed E-state index contributed by atoms with van der Waals surface area (Å²) in [4.78, 5) is 8.82. The van der Waals surface area contributed by atoms with Crippen LogP contribution in [-0.4, -0.2) is 9.97 Å². The maximum absolute atomic E-state index is 5.75. The van der Waals surface area contributed by atoms with Gasteiger partial charge in [0.2, 0.25) is 0 Å². The molecule has 3 aromatic rings. The summed E-state index contributed by atoms with van der Waals surface area (Å²) in [6.07, 6.45) is 0. The summed E-state index contributed by atoms with van der Waals surface area (Å²) < 4.78 is 5.75. The number of hydrogen-bond donors (Lipinski definition) is 2. The van der Waals surface area contributed by atoms with Crippen molar-refractivity contribution in [1.29, 1.82) is 0 Å². The zero-order valence-corrected chi connectivity index (χ0v) is 10.8. The van der Waals surface area contributed by atoms with E-state index in [4.69, 9.17) is 10.3 Å². The number of hydrazine groups is 1. The second-order valence-corrected chi connectivity index (χ2v) is 4.40. The van der Waals surface area contributed by atoms with Gasteiger partial charge in [-0.1, -0.05) is 18.2 Å². The molecule has 1 aromatic carbocycles. The normalized spacial score (nSPS) is 10.9. The smallest absolute Gasteiger partial charge is 0.197 e. The molecule has 0 unspecified atom stereocenters. The van der Waals surface area contributed by atoms with Crippen LogP contribution in [0.3, 0.4) is 0 Å². The molecular formula is C14H14N4O. The molecule has 0 aliphatic heterocycles. The van der Waals surface area contributed by atoms with E-state index < -0.39 is 0 Å². The number of anilines is 1.